The van der Waals surface area contributed by atoms with E-state index < -0.39 is 0 Å². The summed E-state index contributed by atoms with van der Waals surface area (Å²) in [7, 11) is 3.74. The third-order valence-electron chi connectivity index (χ3n) is 4.53. The van der Waals surface area contributed by atoms with Gasteiger partial charge in [-0.25, -0.2) is 4.79 Å². The van der Waals surface area contributed by atoms with Crippen LogP contribution in [0.1, 0.15) is 38.5 Å². The number of hydrogen-bond donors (Lipinski definition) is 2. The highest BCUT2D eigenvalue weighted by molar-refractivity contribution is 5.91. The number of oxazole rings is 1. The summed E-state index contributed by atoms with van der Waals surface area (Å²) in [6.07, 6.45) is 7.46. The first kappa shape index (κ1) is 18.5. The van der Waals surface area contributed by atoms with Crippen molar-refractivity contribution in [1.82, 2.24) is 10.3 Å². The largest absolute Gasteiger partial charge is 0.423 e. The van der Waals surface area contributed by atoms with Gasteiger partial charge in [-0.05, 0) is 31.4 Å². The molecule has 7 nitrogen and oxygen atoms in total. The Morgan fingerprint density at radius 2 is 2.12 bits per heavy atom. The Hall–Kier alpha value is -2.28. The standard InChI is InChI=1S/C19H28N4O3/c1-23(2)19-22-16-10-9-14(13-17(16)26-19)21-18(24)20-11-6-12-25-15-7-4-3-5-8-15/h9-10,13,15H,3-8,11-12H2,1-2H3,(H2,20,21,24). The van der Waals surface area contributed by atoms with Gasteiger partial charge in [-0.2, -0.15) is 4.98 Å². The van der Waals surface area contributed by atoms with Gasteiger partial charge in [-0.1, -0.05) is 19.3 Å². The van der Waals surface area contributed by atoms with E-state index in [2.05, 4.69) is 15.6 Å². The lowest BCUT2D eigenvalue weighted by Crippen LogP contribution is -2.30. The van der Waals surface area contributed by atoms with Crippen molar-refractivity contribution in [2.45, 2.75) is 44.6 Å². The maximum absolute atomic E-state index is 12.0. The number of fused-ring (bicyclic) bond motifs is 1. The number of ether oxygens (including phenoxy) is 1. The van der Waals surface area contributed by atoms with Gasteiger partial charge >= 0.3 is 6.03 Å². The van der Waals surface area contributed by atoms with Gasteiger partial charge in [0, 0.05) is 39.0 Å². The molecule has 2 amide bonds. The summed E-state index contributed by atoms with van der Waals surface area (Å²) in [5.74, 6) is 0. The van der Waals surface area contributed by atoms with Crippen LogP contribution in [0.2, 0.25) is 0 Å². The number of rotatable bonds is 7. The normalized spacial score (nSPS) is 15.2. The lowest BCUT2D eigenvalue weighted by Gasteiger charge is -2.21. The van der Waals surface area contributed by atoms with Crippen molar-refractivity contribution in [1.29, 1.82) is 0 Å². The van der Waals surface area contributed by atoms with Crippen LogP contribution in [-0.2, 0) is 4.74 Å². The molecule has 0 atom stereocenters. The molecule has 0 unspecified atom stereocenters. The molecule has 1 aliphatic carbocycles. The number of nitrogens with zero attached hydrogens (tertiary/aromatic N) is 2. The van der Waals surface area contributed by atoms with Crippen molar-refractivity contribution in [3.8, 4) is 0 Å². The van der Waals surface area contributed by atoms with Crippen LogP contribution in [0, 0.1) is 0 Å². The first-order valence-electron chi connectivity index (χ1n) is 9.36. The second kappa shape index (κ2) is 8.89. The van der Waals surface area contributed by atoms with Gasteiger partial charge in [-0.3, -0.25) is 0 Å². The van der Waals surface area contributed by atoms with Crippen molar-refractivity contribution in [2.24, 2.45) is 0 Å². The summed E-state index contributed by atoms with van der Waals surface area (Å²) in [5, 5.41) is 5.68. The highest BCUT2D eigenvalue weighted by atomic mass is 16.5. The van der Waals surface area contributed by atoms with Gasteiger partial charge in [-0.15, -0.1) is 0 Å². The van der Waals surface area contributed by atoms with E-state index in [4.69, 9.17) is 9.15 Å². The number of aromatic nitrogens is 1. The van der Waals surface area contributed by atoms with Crippen LogP contribution in [0.3, 0.4) is 0 Å². The molecule has 0 radical (unpaired) electrons. The van der Waals surface area contributed by atoms with Gasteiger partial charge in [0.1, 0.15) is 5.52 Å². The lowest BCUT2D eigenvalue weighted by atomic mass is 9.98. The molecule has 26 heavy (non-hydrogen) atoms. The van der Waals surface area contributed by atoms with E-state index in [-0.39, 0.29) is 6.03 Å². The maximum atomic E-state index is 12.0. The summed E-state index contributed by atoms with van der Waals surface area (Å²) >= 11 is 0. The van der Waals surface area contributed by atoms with Gasteiger partial charge in [0.25, 0.3) is 6.01 Å². The Labute approximate surface area is 154 Å². The SMILES string of the molecule is CN(C)c1nc2ccc(NC(=O)NCCCOC3CCCCC3)cc2o1. The Kier molecular flexibility index (Phi) is 6.33. The minimum atomic E-state index is -0.227. The third-order valence-corrected chi connectivity index (χ3v) is 4.53. The molecule has 142 valence electrons. The van der Waals surface area contributed by atoms with Gasteiger partial charge in [0.15, 0.2) is 5.58 Å². The van der Waals surface area contributed by atoms with E-state index in [1.165, 1.54) is 32.1 Å². The number of hydrogen-bond acceptors (Lipinski definition) is 5. The van der Waals surface area contributed by atoms with Crippen LogP contribution in [0.15, 0.2) is 22.6 Å². The molecule has 0 spiro atoms. The van der Waals surface area contributed by atoms with Crippen LogP contribution in [-0.4, -0.2) is 44.4 Å². The predicted octanol–water partition coefficient (Wildman–Crippen LogP) is 3.75. The monoisotopic (exact) mass is 360 g/mol. The molecule has 7 heteroatoms. The minimum Gasteiger partial charge on any atom is -0.423 e. The molecule has 0 aliphatic heterocycles. The number of anilines is 2. The fourth-order valence-corrected chi connectivity index (χ4v) is 3.11. The second-order valence-electron chi connectivity index (χ2n) is 6.94. The first-order chi connectivity index (χ1) is 12.6. The predicted molar refractivity (Wildman–Crippen MR) is 103 cm³/mol. The Morgan fingerprint density at radius 3 is 2.88 bits per heavy atom. The molecule has 1 fully saturated rings. The number of carbonyl (C=O) groups excluding carboxylic acids is 1. The second-order valence-corrected chi connectivity index (χ2v) is 6.94. The number of carbonyl (C=O) groups is 1. The quantitative estimate of drug-likeness (QED) is 0.735. The summed E-state index contributed by atoms with van der Waals surface area (Å²) < 4.78 is 11.5. The zero-order valence-electron chi connectivity index (χ0n) is 15.6. The van der Waals surface area contributed by atoms with E-state index in [0.717, 1.165) is 11.9 Å². The fraction of sp³-hybridized carbons (Fsp3) is 0.579. The van der Waals surface area contributed by atoms with Crippen LogP contribution in [0.5, 0.6) is 0 Å². The van der Waals surface area contributed by atoms with E-state index in [1.54, 1.807) is 11.0 Å². The van der Waals surface area contributed by atoms with Crippen LogP contribution in [0.25, 0.3) is 11.1 Å². The van der Waals surface area contributed by atoms with E-state index in [1.807, 2.05) is 26.2 Å². The molecular formula is C19H28N4O3. The average molecular weight is 360 g/mol. The average Bonchev–Trinajstić information content (AvgIpc) is 3.06. The molecular weight excluding hydrogens is 332 g/mol. The number of nitrogens with one attached hydrogen (secondary N) is 2. The molecule has 1 aromatic carbocycles. The molecule has 2 N–H and O–H groups in total. The summed E-state index contributed by atoms with van der Waals surface area (Å²) in [5.41, 5.74) is 2.09. The Bertz CT molecular complexity index is 723. The van der Waals surface area contributed by atoms with Crippen molar-refractivity contribution < 1.29 is 13.9 Å². The number of amides is 2. The zero-order chi connectivity index (χ0) is 18.4. The van der Waals surface area contributed by atoms with E-state index >= 15 is 0 Å². The molecule has 1 saturated carbocycles. The van der Waals surface area contributed by atoms with Crippen molar-refractivity contribution in [2.75, 3.05) is 37.5 Å². The Morgan fingerprint density at radius 1 is 1.31 bits per heavy atom. The fourth-order valence-electron chi connectivity index (χ4n) is 3.11. The van der Waals surface area contributed by atoms with Gasteiger partial charge in [0.2, 0.25) is 0 Å². The molecule has 0 bridgehead atoms. The topological polar surface area (TPSA) is 79.6 Å². The molecule has 1 aliphatic rings. The lowest BCUT2D eigenvalue weighted by molar-refractivity contribution is 0.0276. The van der Waals surface area contributed by atoms with Crippen molar-refractivity contribution in [3.63, 3.8) is 0 Å². The molecule has 0 saturated heterocycles. The molecule has 2 aromatic rings. The smallest absolute Gasteiger partial charge is 0.319 e. The summed E-state index contributed by atoms with van der Waals surface area (Å²) in [4.78, 5) is 18.2. The first-order valence-corrected chi connectivity index (χ1v) is 9.36. The Balaban J connectivity index is 1.39. The number of urea groups is 1. The van der Waals surface area contributed by atoms with Crippen LogP contribution in [0.4, 0.5) is 16.5 Å². The van der Waals surface area contributed by atoms with Gasteiger partial charge < -0.3 is 24.7 Å². The highest BCUT2D eigenvalue weighted by Gasteiger charge is 2.13. The van der Waals surface area contributed by atoms with E-state index in [9.17, 15) is 4.79 Å². The minimum absolute atomic E-state index is 0.227. The molecule has 1 heterocycles. The maximum Gasteiger partial charge on any atom is 0.319 e. The number of benzene rings is 1. The highest BCUT2D eigenvalue weighted by Crippen LogP contribution is 2.23. The summed E-state index contributed by atoms with van der Waals surface area (Å²) in [6, 6.07) is 5.74. The van der Waals surface area contributed by atoms with Crippen molar-refractivity contribution >= 4 is 28.8 Å². The summed E-state index contributed by atoms with van der Waals surface area (Å²) in [6.45, 7) is 1.29. The van der Waals surface area contributed by atoms with Crippen LogP contribution < -0.4 is 15.5 Å². The third kappa shape index (κ3) is 5.11. The van der Waals surface area contributed by atoms with E-state index in [0.29, 0.717) is 36.5 Å². The van der Waals surface area contributed by atoms with Crippen molar-refractivity contribution in [3.05, 3.63) is 18.2 Å². The zero-order valence-corrected chi connectivity index (χ0v) is 15.6. The molecule has 1 aromatic heterocycles. The van der Waals surface area contributed by atoms with Gasteiger partial charge in [0.05, 0.1) is 6.10 Å². The molecule has 3 rings (SSSR count). The van der Waals surface area contributed by atoms with Crippen LogP contribution >= 0.6 is 0 Å².